The molecular formula is C63H39N5S. The van der Waals surface area contributed by atoms with Crippen molar-refractivity contribution in [3.8, 4) is 67.8 Å². The first-order chi connectivity index (χ1) is 34.2. The highest BCUT2D eigenvalue weighted by Crippen LogP contribution is 2.47. The summed E-state index contributed by atoms with van der Waals surface area (Å²) in [6.45, 7) is 0. The quantitative estimate of drug-likeness (QED) is 0.160. The molecule has 0 spiro atoms. The van der Waals surface area contributed by atoms with Crippen LogP contribution in [0.1, 0.15) is 0 Å². The summed E-state index contributed by atoms with van der Waals surface area (Å²) in [5, 5.41) is 7.17. The van der Waals surface area contributed by atoms with Gasteiger partial charge in [0.2, 0.25) is 5.95 Å². The van der Waals surface area contributed by atoms with Gasteiger partial charge >= 0.3 is 0 Å². The van der Waals surface area contributed by atoms with Crippen molar-refractivity contribution in [3.63, 3.8) is 0 Å². The van der Waals surface area contributed by atoms with Crippen LogP contribution >= 0.6 is 11.3 Å². The Morgan fingerprint density at radius 1 is 0.290 bits per heavy atom. The van der Waals surface area contributed by atoms with E-state index in [9.17, 15) is 0 Å². The van der Waals surface area contributed by atoms with Gasteiger partial charge in [0.05, 0.1) is 31.5 Å². The fourth-order valence-electron chi connectivity index (χ4n) is 10.4. The number of hydrogen-bond donors (Lipinski definition) is 0. The third-order valence-electron chi connectivity index (χ3n) is 13.6. The maximum Gasteiger partial charge on any atom is 0.238 e. The Balaban J connectivity index is 1.05. The molecule has 0 radical (unpaired) electrons. The SMILES string of the molecule is c1ccc(-c2ccc(-n3c4ccccc4c4ccc5c6ccc7c8ccccc8n(-c8nc(-c9cccc(-c%10ccccc%10)c9)nc(-c9ccccc9-c9ccccc9)n8)c7c6sc5c43)cc2)cc1. The summed E-state index contributed by atoms with van der Waals surface area (Å²) in [7, 11) is 0. The smallest absolute Gasteiger partial charge is 0.238 e. The molecule has 14 rings (SSSR count). The van der Waals surface area contributed by atoms with E-state index in [1.54, 1.807) is 0 Å². The largest absolute Gasteiger partial charge is 0.308 e. The number of benzene rings is 10. The van der Waals surface area contributed by atoms with Crippen molar-refractivity contribution in [3.05, 3.63) is 237 Å². The Morgan fingerprint density at radius 3 is 1.41 bits per heavy atom. The van der Waals surface area contributed by atoms with E-state index in [1.165, 1.54) is 53.1 Å². The Kier molecular flexibility index (Phi) is 9.00. The molecule has 0 unspecified atom stereocenters. The number of para-hydroxylation sites is 2. The molecule has 0 aliphatic carbocycles. The molecule has 6 heteroatoms. The average molecular weight is 898 g/mol. The molecule has 0 N–H and O–H groups in total. The minimum atomic E-state index is 0.567. The van der Waals surface area contributed by atoms with Gasteiger partial charge in [-0.1, -0.05) is 206 Å². The van der Waals surface area contributed by atoms with Crippen LogP contribution in [-0.4, -0.2) is 24.1 Å². The van der Waals surface area contributed by atoms with Gasteiger partial charge in [-0.05, 0) is 63.7 Å². The van der Waals surface area contributed by atoms with Crippen LogP contribution in [-0.2, 0) is 0 Å². The first-order valence-corrected chi connectivity index (χ1v) is 24.1. The second kappa shape index (κ2) is 15.8. The number of rotatable bonds is 7. The zero-order valence-corrected chi connectivity index (χ0v) is 38.0. The molecule has 0 fully saturated rings. The van der Waals surface area contributed by atoms with Crippen LogP contribution in [0.15, 0.2) is 237 Å². The Bertz CT molecular complexity index is 4280. The standard InChI is InChI=1S/C63H39N5S/c1-4-17-40(18-5-1)42-31-33-46(34-32-42)67-55-29-14-12-26-48(55)50-35-37-52-53-38-36-51-49-27-13-15-30-56(49)68(58(51)60(53)69-59(52)57(50)67)63-65-61(45-24-16-23-44(39-45)41-19-6-2-7-20-41)64-62(66-63)54-28-11-10-25-47(54)43-21-8-3-9-22-43/h1-39H. The normalized spacial score (nSPS) is 11.8. The minimum absolute atomic E-state index is 0.567. The molecule has 0 saturated carbocycles. The molecule has 0 atom stereocenters. The van der Waals surface area contributed by atoms with Crippen molar-refractivity contribution in [2.24, 2.45) is 0 Å². The number of aromatic nitrogens is 5. The summed E-state index contributed by atoms with van der Waals surface area (Å²) in [5.41, 5.74) is 14.3. The lowest BCUT2D eigenvalue weighted by atomic mass is 9.99. The van der Waals surface area contributed by atoms with E-state index >= 15 is 0 Å². The van der Waals surface area contributed by atoms with Gasteiger partial charge in [-0.25, -0.2) is 4.98 Å². The summed E-state index contributed by atoms with van der Waals surface area (Å²) >= 11 is 1.86. The molecule has 0 aliphatic rings. The third-order valence-corrected chi connectivity index (χ3v) is 14.8. The molecule has 0 amide bonds. The van der Waals surface area contributed by atoms with Gasteiger partial charge in [0.25, 0.3) is 0 Å². The van der Waals surface area contributed by atoms with Crippen molar-refractivity contribution in [1.82, 2.24) is 24.1 Å². The van der Waals surface area contributed by atoms with E-state index in [1.807, 2.05) is 17.4 Å². The summed E-state index contributed by atoms with van der Waals surface area (Å²) in [5.74, 6) is 1.78. The van der Waals surface area contributed by atoms with Crippen molar-refractivity contribution < 1.29 is 0 Å². The predicted octanol–water partition coefficient (Wildman–Crippen LogP) is 16.8. The van der Waals surface area contributed by atoms with Crippen LogP contribution in [0.2, 0.25) is 0 Å². The maximum absolute atomic E-state index is 5.50. The zero-order chi connectivity index (χ0) is 45.4. The molecular weight excluding hydrogens is 859 g/mol. The molecule has 0 bridgehead atoms. The highest BCUT2D eigenvalue weighted by atomic mass is 32.1. The third kappa shape index (κ3) is 6.34. The lowest BCUT2D eigenvalue weighted by Gasteiger charge is -2.14. The lowest BCUT2D eigenvalue weighted by Crippen LogP contribution is -2.07. The van der Waals surface area contributed by atoms with E-state index in [0.717, 1.165) is 60.9 Å². The topological polar surface area (TPSA) is 48.5 Å². The van der Waals surface area contributed by atoms with E-state index in [-0.39, 0.29) is 0 Å². The van der Waals surface area contributed by atoms with E-state index in [4.69, 9.17) is 15.0 Å². The van der Waals surface area contributed by atoms with Crippen molar-refractivity contribution in [2.75, 3.05) is 0 Å². The van der Waals surface area contributed by atoms with Gasteiger partial charge in [0.15, 0.2) is 11.6 Å². The first kappa shape index (κ1) is 39.2. The van der Waals surface area contributed by atoms with Gasteiger partial charge in [0, 0.05) is 49.1 Å². The molecule has 322 valence electrons. The Labute approximate surface area is 401 Å². The first-order valence-electron chi connectivity index (χ1n) is 23.3. The van der Waals surface area contributed by atoms with Crippen LogP contribution in [0.4, 0.5) is 0 Å². The van der Waals surface area contributed by atoms with E-state index < -0.39 is 0 Å². The van der Waals surface area contributed by atoms with Crippen LogP contribution in [0.3, 0.4) is 0 Å². The maximum atomic E-state index is 5.50. The Hall–Kier alpha value is -8.97. The summed E-state index contributed by atoms with van der Waals surface area (Å²) in [6.07, 6.45) is 0. The van der Waals surface area contributed by atoms with Gasteiger partial charge in [-0.2, -0.15) is 9.97 Å². The van der Waals surface area contributed by atoms with Crippen molar-refractivity contribution >= 4 is 75.1 Å². The van der Waals surface area contributed by atoms with Crippen molar-refractivity contribution in [1.29, 1.82) is 0 Å². The van der Waals surface area contributed by atoms with Crippen molar-refractivity contribution in [2.45, 2.75) is 0 Å². The predicted molar refractivity (Wildman–Crippen MR) is 289 cm³/mol. The molecule has 69 heavy (non-hydrogen) atoms. The van der Waals surface area contributed by atoms with Gasteiger partial charge in [0.1, 0.15) is 0 Å². The fourth-order valence-corrected chi connectivity index (χ4v) is 11.8. The number of hydrogen-bond acceptors (Lipinski definition) is 4. The summed E-state index contributed by atoms with van der Waals surface area (Å²) < 4.78 is 7.17. The van der Waals surface area contributed by atoms with Crippen LogP contribution in [0.25, 0.3) is 132 Å². The average Bonchev–Trinajstić information content (AvgIpc) is 4.10. The molecule has 10 aromatic carbocycles. The van der Waals surface area contributed by atoms with Crippen LogP contribution < -0.4 is 0 Å². The molecule has 4 heterocycles. The van der Waals surface area contributed by atoms with E-state index in [2.05, 4.69) is 240 Å². The zero-order valence-electron chi connectivity index (χ0n) is 37.2. The fraction of sp³-hybridized carbons (Fsp3) is 0. The van der Waals surface area contributed by atoms with Crippen LogP contribution in [0.5, 0.6) is 0 Å². The van der Waals surface area contributed by atoms with Gasteiger partial charge in [-0.3, -0.25) is 4.57 Å². The molecule has 0 aliphatic heterocycles. The van der Waals surface area contributed by atoms with Gasteiger partial charge in [-0.15, -0.1) is 11.3 Å². The number of thiophene rings is 1. The minimum Gasteiger partial charge on any atom is -0.308 e. The highest BCUT2D eigenvalue weighted by Gasteiger charge is 2.24. The summed E-state index contributed by atoms with van der Waals surface area (Å²) in [6, 6.07) is 84.3. The Morgan fingerprint density at radius 2 is 0.754 bits per heavy atom. The second-order valence-corrected chi connectivity index (χ2v) is 18.6. The van der Waals surface area contributed by atoms with E-state index in [0.29, 0.717) is 17.6 Å². The monoisotopic (exact) mass is 897 g/mol. The molecule has 14 aromatic rings. The number of nitrogens with zero attached hydrogens (tertiary/aromatic N) is 5. The molecule has 5 nitrogen and oxygen atoms in total. The highest BCUT2D eigenvalue weighted by molar-refractivity contribution is 7.27. The second-order valence-electron chi connectivity index (χ2n) is 17.5. The number of fused-ring (bicyclic) bond motifs is 11. The molecule has 0 saturated heterocycles. The summed E-state index contributed by atoms with van der Waals surface area (Å²) in [4.78, 5) is 16.3. The van der Waals surface area contributed by atoms with Crippen LogP contribution in [0, 0.1) is 0 Å². The lowest BCUT2D eigenvalue weighted by molar-refractivity contribution is 0.955. The molecule has 4 aromatic heterocycles. The van der Waals surface area contributed by atoms with Gasteiger partial charge < -0.3 is 4.57 Å².